The number of hydrogen-bond donors (Lipinski definition) is 2. The molecule has 2 aromatic rings. The number of benzene rings is 2. The molecular weight excluding hydrogens is 456 g/mol. The second kappa shape index (κ2) is 10.6. The Morgan fingerprint density at radius 2 is 1.82 bits per heavy atom. The molecule has 0 saturated carbocycles. The Balaban J connectivity index is 1.75. The molecule has 8 nitrogen and oxygen atoms in total. The number of nitrogens with zero attached hydrogens (tertiary/aromatic N) is 2. The number of amides is 1. The summed E-state index contributed by atoms with van der Waals surface area (Å²) in [7, 11) is 0. The number of esters is 1. The minimum atomic E-state index is -1.38. The third-order valence-electron chi connectivity index (χ3n) is 5.80. The zero-order valence-electron chi connectivity index (χ0n) is 19.3. The van der Waals surface area contributed by atoms with Crippen molar-refractivity contribution in [3.63, 3.8) is 0 Å². The monoisotopic (exact) mass is 484 g/mol. The molecule has 0 aromatic heterocycles. The van der Waals surface area contributed by atoms with Crippen LogP contribution in [0.1, 0.15) is 19.4 Å². The van der Waals surface area contributed by atoms with Crippen LogP contribution in [0.25, 0.3) is 0 Å². The summed E-state index contributed by atoms with van der Waals surface area (Å²) in [5, 5.41) is 5.21. The van der Waals surface area contributed by atoms with Crippen LogP contribution in [-0.2, 0) is 25.6 Å². The van der Waals surface area contributed by atoms with Crippen LogP contribution in [0.5, 0.6) is 0 Å². The molecule has 2 aliphatic heterocycles. The van der Waals surface area contributed by atoms with Crippen LogP contribution in [0, 0.1) is 0 Å². The lowest BCUT2D eigenvalue weighted by Gasteiger charge is -2.31. The smallest absolute Gasteiger partial charge is 0.304 e. The number of morpholine rings is 1. The van der Waals surface area contributed by atoms with E-state index in [1.807, 2.05) is 30.3 Å². The van der Waals surface area contributed by atoms with Crippen molar-refractivity contribution in [1.82, 2.24) is 15.6 Å². The fraction of sp³-hybridized carbons (Fsp3) is 0.360. The molecule has 2 N–H and O–H groups in total. The Hall–Kier alpha value is -2.91. The molecule has 2 aliphatic rings. The van der Waals surface area contributed by atoms with Crippen LogP contribution in [0.3, 0.4) is 0 Å². The average Bonchev–Trinajstić information content (AvgIpc) is 3.07. The van der Waals surface area contributed by atoms with Gasteiger partial charge in [0.05, 0.1) is 29.5 Å². The maximum Gasteiger partial charge on any atom is 0.304 e. The molecule has 4 rings (SSSR count). The van der Waals surface area contributed by atoms with Crippen molar-refractivity contribution in [2.75, 3.05) is 37.9 Å². The van der Waals surface area contributed by atoms with Gasteiger partial charge in [-0.1, -0.05) is 54.1 Å². The standard InChI is InChI=1S/C25H29ClN4O4/c1-18(31)34-25(2)23(24(32)30(28-25)22-11-7-6-10-20(22)26)21(17-29-12-14-33-15-13-29)27-16-19-8-4-3-5-9-19/h3-11,27-28H,12-17H2,1-2H3. The van der Waals surface area contributed by atoms with Gasteiger partial charge in [-0.2, -0.15) is 5.43 Å². The molecule has 0 aliphatic carbocycles. The van der Waals surface area contributed by atoms with E-state index in [1.54, 1.807) is 31.2 Å². The molecule has 9 heteroatoms. The number of anilines is 1. The number of nitrogens with one attached hydrogen (secondary N) is 2. The second-order valence-corrected chi connectivity index (χ2v) is 8.82. The molecule has 34 heavy (non-hydrogen) atoms. The van der Waals surface area contributed by atoms with E-state index in [-0.39, 0.29) is 5.91 Å². The second-order valence-electron chi connectivity index (χ2n) is 8.41. The molecule has 2 heterocycles. The summed E-state index contributed by atoms with van der Waals surface area (Å²) in [5.41, 5.74) is 4.28. The summed E-state index contributed by atoms with van der Waals surface area (Å²) in [6.45, 7) is 6.73. The fourth-order valence-electron chi connectivity index (χ4n) is 4.23. The highest BCUT2D eigenvalue weighted by molar-refractivity contribution is 6.34. The Morgan fingerprint density at radius 1 is 1.15 bits per heavy atom. The van der Waals surface area contributed by atoms with Crippen LogP contribution in [0.4, 0.5) is 5.69 Å². The highest BCUT2D eigenvalue weighted by atomic mass is 35.5. The Bertz CT molecular complexity index is 1070. The van der Waals surface area contributed by atoms with Gasteiger partial charge >= 0.3 is 5.97 Å². The van der Waals surface area contributed by atoms with Gasteiger partial charge in [0, 0.05) is 38.8 Å². The van der Waals surface area contributed by atoms with E-state index in [2.05, 4.69) is 15.6 Å². The molecular formula is C25H29ClN4O4. The highest BCUT2D eigenvalue weighted by Crippen LogP contribution is 2.36. The first-order valence-corrected chi connectivity index (χ1v) is 11.6. The van der Waals surface area contributed by atoms with Crippen molar-refractivity contribution in [3.05, 3.63) is 76.5 Å². The van der Waals surface area contributed by atoms with E-state index in [0.717, 1.165) is 18.7 Å². The van der Waals surface area contributed by atoms with Crippen LogP contribution < -0.4 is 15.8 Å². The quantitative estimate of drug-likeness (QED) is 0.462. The number of halogens is 1. The van der Waals surface area contributed by atoms with Crippen LogP contribution in [-0.4, -0.2) is 55.3 Å². The molecule has 0 bridgehead atoms. The Kier molecular flexibility index (Phi) is 7.53. The number of rotatable bonds is 7. The number of hydrazine groups is 1. The molecule has 1 unspecified atom stereocenters. The highest BCUT2D eigenvalue weighted by Gasteiger charge is 2.50. The first-order chi connectivity index (χ1) is 16.4. The zero-order valence-corrected chi connectivity index (χ0v) is 20.1. The Morgan fingerprint density at radius 3 is 2.50 bits per heavy atom. The van der Waals surface area contributed by atoms with Crippen molar-refractivity contribution in [1.29, 1.82) is 0 Å². The SMILES string of the molecule is CC(=O)OC1(C)NN(c2ccccc2Cl)C(=O)C1=C(CN1CCOCC1)NCc1ccccc1. The molecule has 0 spiro atoms. The molecule has 2 fully saturated rings. The number of para-hydroxylation sites is 1. The van der Waals surface area contributed by atoms with Crippen molar-refractivity contribution in [2.45, 2.75) is 26.1 Å². The van der Waals surface area contributed by atoms with Crippen molar-refractivity contribution >= 4 is 29.2 Å². The van der Waals surface area contributed by atoms with Gasteiger partial charge in [-0.15, -0.1) is 0 Å². The van der Waals surface area contributed by atoms with Gasteiger partial charge in [0.1, 0.15) is 0 Å². The first-order valence-electron chi connectivity index (χ1n) is 11.3. The molecule has 0 radical (unpaired) electrons. The molecule has 180 valence electrons. The normalized spacial score (nSPS) is 22.6. The lowest BCUT2D eigenvalue weighted by molar-refractivity contribution is -0.153. The summed E-state index contributed by atoms with van der Waals surface area (Å²) in [6.07, 6.45) is 0. The van der Waals surface area contributed by atoms with E-state index in [9.17, 15) is 9.59 Å². The maximum atomic E-state index is 13.8. The van der Waals surface area contributed by atoms with Crippen LogP contribution >= 0.6 is 11.6 Å². The zero-order chi connectivity index (χ0) is 24.1. The van der Waals surface area contributed by atoms with Gasteiger partial charge < -0.3 is 14.8 Å². The van der Waals surface area contributed by atoms with Crippen molar-refractivity contribution in [2.24, 2.45) is 0 Å². The number of carbonyl (C=O) groups excluding carboxylic acids is 2. The third kappa shape index (κ3) is 5.42. The lowest BCUT2D eigenvalue weighted by atomic mass is 10.0. The summed E-state index contributed by atoms with van der Waals surface area (Å²) in [4.78, 5) is 28.1. The van der Waals surface area contributed by atoms with Gasteiger partial charge in [-0.25, -0.2) is 5.01 Å². The van der Waals surface area contributed by atoms with Crippen molar-refractivity contribution in [3.8, 4) is 0 Å². The molecule has 1 amide bonds. The largest absolute Gasteiger partial charge is 0.438 e. The van der Waals surface area contributed by atoms with Crippen LogP contribution in [0.2, 0.25) is 5.02 Å². The van der Waals surface area contributed by atoms with Gasteiger partial charge in [0.2, 0.25) is 5.72 Å². The minimum absolute atomic E-state index is 0.333. The van der Waals surface area contributed by atoms with E-state index in [4.69, 9.17) is 21.1 Å². The van der Waals surface area contributed by atoms with E-state index in [0.29, 0.717) is 48.3 Å². The molecule has 2 saturated heterocycles. The maximum absolute atomic E-state index is 13.8. The Labute approximate surface area is 204 Å². The van der Waals surface area contributed by atoms with Gasteiger partial charge in [-0.3, -0.25) is 14.5 Å². The average molecular weight is 485 g/mol. The summed E-state index contributed by atoms with van der Waals surface area (Å²) in [5.74, 6) is -0.837. The predicted molar refractivity (Wildman–Crippen MR) is 130 cm³/mol. The predicted octanol–water partition coefficient (Wildman–Crippen LogP) is 2.85. The van der Waals surface area contributed by atoms with Crippen LogP contribution in [0.15, 0.2) is 65.9 Å². The van der Waals surface area contributed by atoms with E-state index in [1.165, 1.54) is 11.9 Å². The number of hydrogen-bond acceptors (Lipinski definition) is 7. The number of carbonyl (C=O) groups is 2. The summed E-state index contributed by atoms with van der Waals surface area (Å²) >= 11 is 6.40. The first kappa shape index (κ1) is 24.2. The minimum Gasteiger partial charge on any atom is -0.438 e. The molecule has 1 atom stereocenters. The lowest BCUT2D eigenvalue weighted by Crippen LogP contribution is -2.48. The van der Waals surface area contributed by atoms with Gasteiger partial charge in [0.15, 0.2) is 0 Å². The van der Waals surface area contributed by atoms with Gasteiger partial charge in [0.25, 0.3) is 5.91 Å². The third-order valence-corrected chi connectivity index (χ3v) is 6.12. The summed E-state index contributed by atoms with van der Waals surface area (Å²) < 4.78 is 11.2. The topological polar surface area (TPSA) is 83.1 Å². The van der Waals surface area contributed by atoms with Crippen molar-refractivity contribution < 1.29 is 19.1 Å². The van der Waals surface area contributed by atoms with E-state index >= 15 is 0 Å². The molecule has 2 aromatic carbocycles. The fourth-order valence-corrected chi connectivity index (χ4v) is 4.45. The summed E-state index contributed by atoms with van der Waals surface area (Å²) in [6, 6.07) is 17.0. The van der Waals surface area contributed by atoms with E-state index < -0.39 is 11.7 Å². The van der Waals surface area contributed by atoms with Gasteiger partial charge in [-0.05, 0) is 24.6 Å². The number of ether oxygens (including phenoxy) is 2.